The zero-order valence-corrected chi connectivity index (χ0v) is 6.78. The van der Waals surface area contributed by atoms with Crippen molar-refractivity contribution in [2.24, 2.45) is 5.73 Å². The Bertz CT molecular complexity index is 326. The smallest absolute Gasteiger partial charge is 0.139 e. The number of nitrogens with zero attached hydrogens (tertiary/aromatic N) is 1. The van der Waals surface area contributed by atoms with E-state index in [9.17, 15) is 5.11 Å². The molecule has 0 aliphatic rings. The van der Waals surface area contributed by atoms with Gasteiger partial charge in [0, 0.05) is 17.8 Å². The number of hydrogen-bond donors (Lipinski definition) is 2. The third kappa shape index (κ3) is 1.55. The number of rotatable bonds is 1. The quantitative estimate of drug-likeness (QED) is 0.600. The lowest BCUT2D eigenvalue weighted by Crippen LogP contribution is -2.07. The van der Waals surface area contributed by atoms with Crippen molar-refractivity contribution >= 4 is 0 Å². The standard InChI is InChI=1S/C9H10N2O/c1-3-7-4-8(12)9(6(2)10)11-5-7/h1,4-6,12H,10H2,2H3/t6-/m0/s1. The first-order chi connectivity index (χ1) is 5.65. The van der Waals surface area contributed by atoms with E-state index in [1.807, 2.05) is 0 Å². The van der Waals surface area contributed by atoms with Crippen LogP contribution in [0.2, 0.25) is 0 Å². The van der Waals surface area contributed by atoms with Gasteiger partial charge < -0.3 is 10.8 Å². The van der Waals surface area contributed by atoms with E-state index in [0.29, 0.717) is 11.3 Å². The highest BCUT2D eigenvalue weighted by molar-refractivity contribution is 5.39. The average molecular weight is 162 g/mol. The van der Waals surface area contributed by atoms with Crippen LogP contribution in [0.15, 0.2) is 12.3 Å². The minimum atomic E-state index is -0.281. The molecule has 1 heterocycles. The zero-order chi connectivity index (χ0) is 9.14. The number of pyridine rings is 1. The Balaban J connectivity index is 3.14. The van der Waals surface area contributed by atoms with Crippen molar-refractivity contribution in [3.63, 3.8) is 0 Å². The van der Waals surface area contributed by atoms with E-state index in [0.717, 1.165) is 0 Å². The molecule has 0 aliphatic heterocycles. The maximum atomic E-state index is 9.35. The third-order valence-corrected chi connectivity index (χ3v) is 1.50. The highest BCUT2D eigenvalue weighted by Crippen LogP contribution is 2.20. The molecule has 3 nitrogen and oxygen atoms in total. The topological polar surface area (TPSA) is 59.1 Å². The minimum absolute atomic E-state index is 0.0560. The Morgan fingerprint density at radius 1 is 1.75 bits per heavy atom. The molecule has 1 aromatic heterocycles. The van der Waals surface area contributed by atoms with E-state index in [-0.39, 0.29) is 11.8 Å². The van der Waals surface area contributed by atoms with Crippen LogP contribution < -0.4 is 5.73 Å². The van der Waals surface area contributed by atoms with E-state index in [1.54, 1.807) is 6.92 Å². The van der Waals surface area contributed by atoms with E-state index in [1.165, 1.54) is 12.3 Å². The van der Waals surface area contributed by atoms with Crippen LogP contribution in [-0.4, -0.2) is 10.1 Å². The van der Waals surface area contributed by atoms with Gasteiger partial charge in [0.25, 0.3) is 0 Å². The molecule has 12 heavy (non-hydrogen) atoms. The first kappa shape index (κ1) is 8.57. The summed E-state index contributed by atoms with van der Waals surface area (Å²) in [5.74, 6) is 2.43. The van der Waals surface area contributed by atoms with Gasteiger partial charge in [-0.1, -0.05) is 5.92 Å². The fraction of sp³-hybridized carbons (Fsp3) is 0.222. The van der Waals surface area contributed by atoms with Gasteiger partial charge in [0.15, 0.2) is 0 Å². The molecule has 0 unspecified atom stereocenters. The van der Waals surface area contributed by atoms with Gasteiger partial charge in [-0.05, 0) is 13.0 Å². The van der Waals surface area contributed by atoms with E-state index >= 15 is 0 Å². The van der Waals surface area contributed by atoms with Gasteiger partial charge in [-0.15, -0.1) is 6.42 Å². The van der Waals surface area contributed by atoms with Gasteiger partial charge in [0.05, 0.1) is 5.69 Å². The maximum absolute atomic E-state index is 9.35. The number of hydrogen-bond acceptors (Lipinski definition) is 3. The first-order valence-electron chi connectivity index (χ1n) is 3.56. The van der Waals surface area contributed by atoms with Crippen LogP contribution in [0.4, 0.5) is 0 Å². The van der Waals surface area contributed by atoms with Crippen LogP contribution in [0.3, 0.4) is 0 Å². The van der Waals surface area contributed by atoms with Gasteiger partial charge in [0.1, 0.15) is 5.75 Å². The molecule has 0 aliphatic carbocycles. The largest absolute Gasteiger partial charge is 0.506 e. The Morgan fingerprint density at radius 3 is 2.83 bits per heavy atom. The maximum Gasteiger partial charge on any atom is 0.139 e. The first-order valence-corrected chi connectivity index (χ1v) is 3.56. The molecule has 1 atom stereocenters. The summed E-state index contributed by atoms with van der Waals surface area (Å²) in [6, 6.07) is 1.20. The molecular formula is C9H10N2O. The molecule has 0 amide bonds. The van der Waals surface area contributed by atoms with Gasteiger partial charge in [-0.25, -0.2) is 0 Å². The fourth-order valence-corrected chi connectivity index (χ4v) is 0.893. The average Bonchev–Trinajstić information content (AvgIpc) is 2.03. The lowest BCUT2D eigenvalue weighted by atomic mass is 10.2. The van der Waals surface area contributed by atoms with E-state index in [2.05, 4.69) is 10.9 Å². The molecule has 0 fully saturated rings. The molecule has 0 saturated heterocycles. The summed E-state index contributed by atoms with van der Waals surface area (Å²) >= 11 is 0. The predicted octanol–water partition coefficient (Wildman–Crippen LogP) is 0.788. The Kier molecular flexibility index (Phi) is 2.32. The van der Waals surface area contributed by atoms with Gasteiger partial charge in [-0.2, -0.15) is 0 Å². The number of aromatic hydroxyl groups is 1. The summed E-state index contributed by atoms with van der Waals surface area (Å²) in [6.45, 7) is 1.75. The predicted molar refractivity (Wildman–Crippen MR) is 46.4 cm³/mol. The molecular weight excluding hydrogens is 152 g/mol. The molecule has 3 N–H and O–H groups in total. The molecule has 3 heteroatoms. The lowest BCUT2D eigenvalue weighted by molar-refractivity contribution is 0.458. The highest BCUT2D eigenvalue weighted by atomic mass is 16.3. The van der Waals surface area contributed by atoms with Gasteiger partial charge in [0.2, 0.25) is 0 Å². The SMILES string of the molecule is C#Cc1cnc([C@H](C)N)c(O)c1. The van der Waals surface area contributed by atoms with Crippen molar-refractivity contribution in [3.05, 3.63) is 23.5 Å². The zero-order valence-electron chi connectivity index (χ0n) is 6.78. The monoisotopic (exact) mass is 162 g/mol. The molecule has 62 valence electrons. The van der Waals surface area contributed by atoms with Crippen LogP contribution in [0.5, 0.6) is 5.75 Å². The molecule has 1 aromatic rings. The number of terminal acetylenes is 1. The van der Waals surface area contributed by atoms with Crippen molar-refractivity contribution in [2.45, 2.75) is 13.0 Å². The molecule has 0 aromatic carbocycles. The minimum Gasteiger partial charge on any atom is -0.506 e. The van der Waals surface area contributed by atoms with Crippen LogP contribution in [0.25, 0.3) is 0 Å². The second-order valence-corrected chi connectivity index (χ2v) is 2.56. The second-order valence-electron chi connectivity index (χ2n) is 2.56. The third-order valence-electron chi connectivity index (χ3n) is 1.50. The Hall–Kier alpha value is -1.53. The summed E-state index contributed by atoms with van der Waals surface area (Å²) in [5.41, 5.74) is 6.55. The summed E-state index contributed by atoms with van der Waals surface area (Å²) in [7, 11) is 0. The molecule has 0 saturated carbocycles. The second kappa shape index (κ2) is 3.24. The fourth-order valence-electron chi connectivity index (χ4n) is 0.893. The Morgan fingerprint density at radius 2 is 2.42 bits per heavy atom. The van der Waals surface area contributed by atoms with Crippen LogP contribution >= 0.6 is 0 Å². The van der Waals surface area contributed by atoms with Crippen molar-refractivity contribution in [2.75, 3.05) is 0 Å². The van der Waals surface area contributed by atoms with Gasteiger partial charge >= 0.3 is 0 Å². The van der Waals surface area contributed by atoms with Crippen molar-refractivity contribution in [1.29, 1.82) is 0 Å². The summed E-state index contributed by atoms with van der Waals surface area (Å²) < 4.78 is 0. The Labute approximate surface area is 71.2 Å². The summed E-state index contributed by atoms with van der Waals surface area (Å²) in [4.78, 5) is 3.93. The van der Waals surface area contributed by atoms with Crippen LogP contribution in [0.1, 0.15) is 24.2 Å². The highest BCUT2D eigenvalue weighted by Gasteiger charge is 2.07. The van der Waals surface area contributed by atoms with Gasteiger partial charge in [-0.3, -0.25) is 4.98 Å². The van der Waals surface area contributed by atoms with Crippen molar-refractivity contribution in [3.8, 4) is 18.1 Å². The van der Waals surface area contributed by atoms with E-state index < -0.39 is 0 Å². The van der Waals surface area contributed by atoms with Crippen molar-refractivity contribution in [1.82, 2.24) is 4.98 Å². The molecule has 0 radical (unpaired) electrons. The summed E-state index contributed by atoms with van der Waals surface area (Å²) in [6.07, 6.45) is 6.62. The molecule has 0 spiro atoms. The lowest BCUT2D eigenvalue weighted by Gasteiger charge is -2.06. The van der Waals surface area contributed by atoms with Crippen molar-refractivity contribution < 1.29 is 5.11 Å². The summed E-state index contributed by atoms with van der Waals surface area (Å²) in [5, 5.41) is 9.35. The van der Waals surface area contributed by atoms with E-state index in [4.69, 9.17) is 12.2 Å². The number of nitrogens with two attached hydrogens (primary N) is 1. The van der Waals surface area contributed by atoms with Crippen LogP contribution in [-0.2, 0) is 0 Å². The molecule has 0 bridgehead atoms. The molecule has 1 rings (SSSR count). The normalized spacial score (nSPS) is 12.1. The van der Waals surface area contributed by atoms with Crippen LogP contribution in [0, 0.1) is 12.3 Å². The number of aromatic nitrogens is 1.